The minimum atomic E-state index is -0.398. The molecule has 1 aromatic heterocycles. The smallest absolute Gasteiger partial charge is 0.251 e. The Bertz CT molecular complexity index is 1190. The van der Waals surface area contributed by atoms with E-state index < -0.39 is 6.04 Å². The van der Waals surface area contributed by atoms with Gasteiger partial charge >= 0.3 is 0 Å². The van der Waals surface area contributed by atoms with Gasteiger partial charge in [0.15, 0.2) is 11.0 Å². The minimum Gasteiger partial charge on any atom is -0.342 e. The van der Waals surface area contributed by atoms with Gasteiger partial charge in [0.25, 0.3) is 5.91 Å². The van der Waals surface area contributed by atoms with Crippen LogP contribution < -0.4 is 10.6 Å². The fourth-order valence-corrected chi connectivity index (χ4v) is 4.91. The van der Waals surface area contributed by atoms with Crippen molar-refractivity contribution >= 4 is 64.1 Å². The molecule has 0 saturated heterocycles. The van der Waals surface area contributed by atoms with Gasteiger partial charge in [0.05, 0.1) is 27.5 Å². The van der Waals surface area contributed by atoms with E-state index in [4.69, 9.17) is 34.8 Å². The summed E-state index contributed by atoms with van der Waals surface area (Å²) < 4.78 is 1.84. The van der Waals surface area contributed by atoms with Crippen LogP contribution in [0.15, 0.2) is 60.3 Å². The number of thioether (sulfide) groups is 1. The molecule has 0 bridgehead atoms. The van der Waals surface area contributed by atoms with Crippen LogP contribution in [0.3, 0.4) is 0 Å². The summed E-state index contributed by atoms with van der Waals surface area (Å²) in [6.07, 6.45) is 1.71. The van der Waals surface area contributed by atoms with Gasteiger partial charge in [-0.3, -0.25) is 9.59 Å². The number of carbonyl (C=O) groups is 2. The Morgan fingerprint density at radius 3 is 2.37 bits per heavy atom. The molecule has 0 fully saturated rings. The van der Waals surface area contributed by atoms with Crippen LogP contribution >= 0.6 is 46.6 Å². The van der Waals surface area contributed by atoms with Crippen LogP contribution in [-0.4, -0.2) is 32.3 Å². The second-order valence-electron chi connectivity index (χ2n) is 7.88. The van der Waals surface area contributed by atoms with E-state index in [1.54, 1.807) is 18.2 Å². The number of nitrogens with one attached hydrogen (secondary N) is 2. The van der Waals surface area contributed by atoms with E-state index in [2.05, 4.69) is 27.4 Å². The molecule has 2 N–H and O–H groups in total. The Balaban J connectivity index is 1.76. The highest BCUT2D eigenvalue weighted by Crippen LogP contribution is 2.34. The summed E-state index contributed by atoms with van der Waals surface area (Å²) in [5.41, 5.74) is 0.846. The Morgan fingerprint density at radius 1 is 1.11 bits per heavy atom. The minimum absolute atomic E-state index is 0.0331. The number of allylic oxidation sites excluding steroid dienone is 1. The average Bonchev–Trinajstić information content (AvgIpc) is 3.21. The molecule has 2 amide bonds. The summed E-state index contributed by atoms with van der Waals surface area (Å²) in [4.78, 5) is 25.4. The molecule has 0 aliphatic heterocycles. The molecule has 2 aromatic carbocycles. The third kappa shape index (κ3) is 7.01. The van der Waals surface area contributed by atoms with Gasteiger partial charge < -0.3 is 15.2 Å². The number of amides is 2. The first-order valence-electron chi connectivity index (χ1n) is 10.7. The number of aromatic nitrogens is 3. The highest BCUT2D eigenvalue weighted by Gasteiger charge is 2.26. The van der Waals surface area contributed by atoms with E-state index >= 15 is 0 Å². The second kappa shape index (κ2) is 12.4. The lowest BCUT2D eigenvalue weighted by molar-refractivity contribution is -0.113. The molecule has 1 atom stereocenters. The SMILES string of the molecule is C=CCn1c(SCC(=O)Nc2c(Cl)cc(Cl)cc2Cl)nnc1[C@@H](NC(=O)c1ccccc1)C(C)C. The van der Waals surface area contributed by atoms with E-state index in [1.807, 2.05) is 36.6 Å². The van der Waals surface area contributed by atoms with Gasteiger partial charge in [0.1, 0.15) is 0 Å². The van der Waals surface area contributed by atoms with Gasteiger partial charge in [-0.05, 0) is 30.2 Å². The Kier molecular flexibility index (Phi) is 9.63. The molecule has 7 nitrogen and oxygen atoms in total. The van der Waals surface area contributed by atoms with Gasteiger partial charge in [-0.25, -0.2) is 0 Å². The van der Waals surface area contributed by atoms with Crippen LogP contribution in [0.2, 0.25) is 15.1 Å². The van der Waals surface area contributed by atoms with E-state index in [-0.39, 0.29) is 33.5 Å². The van der Waals surface area contributed by atoms with E-state index in [9.17, 15) is 9.59 Å². The Labute approximate surface area is 223 Å². The predicted octanol–water partition coefficient (Wildman–Crippen LogP) is 6.28. The fraction of sp³-hybridized carbons (Fsp3) is 0.250. The van der Waals surface area contributed by atoms with Crippen molar-refractivity contribution in [1.82, 2.24) is 20.1 Å². The molecule has 11 heteroatoms. The summed E-state index contributed by atoms with van der Waals surface area (Å²) in [6, 6.07) is 11.6. The van der Waals surface area contributed by atoms with E-state index in [0.717, 1.165) is 0 Å². The molecule has 3 rings (SSSR count). The quantitative estimate of drug-likeness (QED) is 0.228. The first kappa shape index (κ1) is 27.1. The number of rotatable bonds is 10. The normalized spacial score (nSPS) is 11.8. The Hall–Kier alpha value is -2.52. The molecule has 0 radical (unpaired) electrons. The van der Waals surface area contributed by atoms with Crippen LogP contribution in [-0.2, 0) is 11.3 Å². The molecular weight excluding hydrogens is 529 g/mol. The molecule has 0 aliphatic carbocycles. The standard InChI is InChI=1S/C24H24Cl3N5O2S/c1-4-10-32-22(20(14(2)3)29-23(34)15-8-6-5-7-9-15)30-31-24(32)35-13-19(33)28-21-17(26)11-16(25)12-18(21)27/h4-9,11-12,14,20H,1,10,13H2,2-3H3,(H,28,33)(H,29,34)/t20-/m0/s1. The topological polar surface area (TPSA) is 88.9 Å². The lowest BCUT2D eigenvalue weighted by Crippen LogP contribution is -2.33. The number of nitrogens with zero attached hydrogens (tertiary/aromatic N) is 3. The average molecular weight is 553 g/mol. The molecule has 0 aliphatic rings. The number of benzene rings is 2. The number of anilines is 1. The second-order valence-corrected chi connectivity index (χ2v) is 10.1. The van der Waals surface area contributed by atoms with E-state index in [0.29, 0.717) is 33.8 Å². The largest absolute Gasteiger partial charge is 0.342 e. The van der Waals surface area contributed by atoms with Gasteiger partial charge in [0.2, 0.25) is 5.91 Å². The summed E-state index contributed by atoms with van der Waals surface area (Å²) in [7, 11) is 0. The van der Waals surface area contributed by atoms with Crippen LogP contribution in [0.4, 0.5) is 5.69 Å². The van der Waals surface area contributed by atoms with Crippen LogP contribution in [0.1, 0.15) is 36.1 Å². The summed E-state index contributed by atoms with van der Waals surface area (Å²) in [5, 5.41) is 15.7. The van der Waals surface area contributed by atoms with Crippen molar-refractivity contribution in [1.29, 1.82) is 0 Å². The summed E-state index contributed by atoms with van der Waals surface area (Å²) in [6.45, 7) is 8.20. The van der Waals surface area contributed by atoms with Crippen molar-refractivity contribution in [3.8, 4) is 0 Å². The van der Waals surface area contributed by atoms with Crippen molar-refractivity contribution in [2.24, 2.45) is 5.92 Å². The maximum Gasteiger partial charge on any atom is 0.251 e. The molecule has 184 valence electrons. The summed E-state index contributed by atoms with van der Waals surface area (Å²) >= 11 is 19.4. The molecule has 0 unspecified atom stereocenters. The lowest BCUT2D eigenvalue weighted by atomic mass is 10.0. The molecule has 1 heterocycles. The monoisotopic (exact) mass is 551 g/mol. The highest BCUT2D eigenvalue weighted by molar-refractivity contribution is 7.99. The van der Waals surface area contributed by atoms with Crippen LogP contribution in [0.25, 0.3) is 0 Å². The molecule has 0 spiro atoms. The van der Waals surface area contributed by atoms with Crippen LogP contribution in [0, 0.1) is 5.92 Å². The number of hydrogen-bond acceptors (Lipinski definition) is 5. The number of hydrogen-bond donors (Lipinski definition) is 2. The zero-order valence-electron chi connectivity index (χ0n) is 19.1. The van der Waals surface area contributed by atoms with Crippen molar-refractivity contribution in [3.05, 3.63) is 81.6 Å². The lowest BCUT2D eigenvalue weighted by Gasteiger charge is -2.22. The van der Waals surface area contributed by atoms with Crippen molar-refractivity contribution in [3.63, 3.8) is 0 Å². The number of halogens is 3. The third-order valence-corrected chi connectivity index (χ3v) is 6.71. The molecular formula is C24H24Cl3N5O2S. The van der Waals surface area contributed by atoms with Crippen molar-refractivity contribution < 1.29 is 9.59 Å². The number of carbonyl (C=O) groups excluding carboxylic acids is 2. The molecule has 0 saturated carbocycles. The third-order valence-electron chi connectivity index (χ3n) is 4.93. The molecule has 35 heavy (non-hydrogen) atoms. The van der Waals surface area contributed by atoms with Crippen LogP contribution in [0.5, 0.6) is 0 Å². The van der Waals surface area contributed by atoms with E-state index in [1.165, 1.54) is 23.9 Å². The zero-order valence-corrected chi connectivity index (χ0v) is 22.2. The van der Waals surface area contributed by atoms with Gasteiger partial charge in [-0.15, -0.1) is 16.8 Å². The maximum absolute atomic E-state index is 12.8. The maximum atomic E-state index is 12.8. The molecule has 3 aromatic rings. The first-order chi connectivity index (χ1) is 16.7. The van der Waals surface area contributed by atoms with Crippen molar-refractivity contribution in [2.45, 2.75) is 31.6 Å². The summed E-state index contributed by atoms with van der Waals surface area (Å²) in [5.74, 6) is 0.116. The Morgan fingerprint density at radius 2 is 1.77 bits per heavy atom. The fourth-order valence-electron chi connectivity index (χ4n) is 3.25. The van der Waals surface area contributed by atoms with Crippen molar-refractivity contribution in [2.75, 3.05) is 11.1 Å². The predicted molar refractivity (Wildman–Crippen MR) is 143 cm³/mol. The highest BCUT2D eigenvalue weighted by atomic mass is 35.5. The first-order valence-corrected chi connectivity index (χ1v) is 12.8. The van der Waals surface area contributed by atoms with Gasteiger partial charge in [-0.1, -0.05) is 84.7 Å². The van der Waals surface area contributed by atoms with Gasteiger partial charge in [0, 0.05) is 17.1 Å². The van der Waals surface area contributed by atoms with Gasteiger partial charge in [-0.2, -0.15) is 0 Å². The zero-order chi connectivity index (χ0) is 25.5.